The maximum Gasteiger partial charge on any atom is 0.131 e. The molecule has 0 spiro atoms. The van der Waals surface area contributed by atoms with Gasteiger partial charge in [-0.2, -0.15) is 0 Å². The van der Waals surface area contributed by atoms with Crippen molar-refractivity contribution in [2.45, 2.75) is 34.6 Å². The van der Waals surface area contributed by atoms with Gasteiger partial charge in [-0.15, -0.1) is 0 Å². The normalized spacial score (nSPS) is 8.60. The Bertz CT molecular complexity index is 442. The third-order valence-corrected chi connectivity index (χ3v) is 1.84. The molecule has 15 heavy (non-hydrogen) atoms. The zero-order chi connectivity index (χ0) is 11.8. The fourth-order valence-electron chi connectivity index (χ4n) is 1.07. The quantitative estimate of drug-likeness (QED) is 0.666. The van der Waals surface area contributed by atoms with Gasteiger partial charge in [0.05, 0.1) is 5.52 Å². The maximum absolute atomic E-state index is 5.03. The Balaban J connectivity index is 0.000000442. The molecule has 0 bridgehead atoms. The fourth-order valence-corrected chi connectivity index (χ4v) is 1.30. The highest BCUT2D eigenvalue weighted by atomic mass is 32.1. The predicted molar refractivity (Wildman–Crippen MR) is 68.7 cm³/mol. The van der Waals surface area contributed by atoms with Gasteiger partial charge >= 0.3 is 0 Å². The van der Waals surface area contributed by atoms with Gasteiger partial charge in [-0.3, -0.25) is 0 Å². The summed E-state index contributed by atoms with van der Waals surface area (Å²) >= 11 is 5.03. The van der Waals surface area contributed by atoms with Crippen molar-refractivity contribution in [1.29, 1.82) is 0 Å². The average Bonchev–Trinajstić information content (AvgIpc) is 2.66. The number of aromatic amines is 2. The summed E-state index contributed by atoms with van der Waals surface area (Å²) < 4.78 is 0.687. The number of nitrogens with zero attached hydrogens (tertiary/aromatic N) is 1. The minimum atomic E-state index is 0.687. The third kappa shape index (κ3) is 3.47. The van der Waals surface area contributed by atoms with E-state index in [-0.39, 0.29) is 0 Å². The first-order valence-electron chi connectivity index (χ1n) is 5.31. The van der Waals surface area contributed by atoms with Crippen LogP contribution in [-0.2, 0) is 0 Å². The molecular formula is C11H19N3S. The van der Waals surface area contributed by atoms with Gasteiger partial charge in [-0.05, 0) is 13.0 Å². The Labute approximate surface area is 96.0 Å². The summed E-state index contributed by atoms with van der Waals surface area (Å²) in [5.74, 6) is 0.894. The molecule has 4 heteroatoms. The lowest BCUT2D eigenvalue weighted by Crippen LogP contribution is -1.74. The van der Waals surface area contributed by atoms with Crippen molar-refractivity contribution < 1.29 is 0 Å². The standard InChI is InChI=1S/C7H7N3S.2C2H6/c1-4-9-5-2-3-8-7(11)6(5)10-4;2*1-2/h2-3H,1H3,(H,8,11)(H,9,10);2*1-2H3. The molecule has 2 aromatic heterocycles. The van der Waals surface area contributed by atoms with Crippen LogP contribution in [0.25, 0.3) is 11.0 Å². The molecule has 0 radical (unpaired) electrons. The smallest absolute Gasteiger partial charge is 0.131 e. The van der Waals surface area contributed by atoms with Crippen LogP contribution in [0.5, 0.6) is 0 Å². The molecule has 2 N–H and O–H groups in total. The number of H-pyrrole nitrogens is 2. The first-order valence-corrected chi connectivity index (χ1v) is 5.72. The van der Waals surface area contributed by atoms with E-state index in [1.54, 1.807) is 0 Å². The van der Waals surface area contributed by atoms with E-state index in [0.717, 1.165) is 16.9 Å². The lowest BCUT2D eigenvalue weighted by atomic mass is 10.4. The molecule has 0 unspecified atom stereocenters. The molecule has 0 saturated carbocycles. The number of fused-ring (bicyclic) bond motifs is 1. The van der Waals surface area contributed by atoms with Crippen LogP contribution in [0.4, 0.5) is 0 Å². The molecule has 2 heterocycles. The molecule has 0 atom stereocenters. The summed E-state index contributed by atoms with van der Waals surface area (Å²) in [6.45, 7) is 9.91. The van der Waals surface area contributed by atoms with Gasteiger partial charge < -0.3 is 9.97 Å². The SMILES string of the molecule is CC.CC.Cc1nc2c(=S)[nH]ccc2[nH]1. The Morgan fingerprint density at radius 2 is 1.80 bits per heavy atom. The minimum absolute atomic E-state index is 0.687. The summed E-state index contributed by atoms with van der Waals surface area (Å²) in [4.78, 5) is 10.2. The summed E-state index contributed by atoms with van der Waals surface area (Å²) in [7, 11) is 0. The molecule has 84 valence electrons. The number of pyridine rings is 1. The van der Waals surface area contributed by atoms with Crippen molar-refractivity contribution in [3.63, 3.8) is 0 Å². The lowest BCUT2D eigenvalue weighted by molar-refractivity contribution is 1.17. The third-order valence-electron chi connectivity index (χ3n) is 1.53. The highest BCUT2D eigenvalue weighted by Gasteiger charge is 1.98. The van der Waals surface area contributed by atoms with E-state index in [9.17, 15) is 0 Å². The maximum atomic E-state index is 5.03. The van der Waals surface area contributed by atoms with Gasteiger partial charge in [0.1, 0.15) is 16.0 Å². The van der Waals surface area contributed by atoms with E-state index in [2.05, 4.69) is 15.0 Å². The Kier molecular flexibility index (Phi) is 6.62. The molecule has 0 saturated heterocycles. The Morgan fingerprint density at radius 3 is 2.33 bits per heavy atom. The van der Waals surface area contributed by atoms with Gasteiger partial charge in [0.2, 0.25) is 0 Å². The van der Waals surface area contributed by atoms with E-state index in [1.807, 2.05) is 46.9 Å². The van der Waals surface area contributed by atoms with Crippen molar-refractivity contribution in [1.82, 2.24) is 15.0 Å². The van der Waals surface area contributed by atoms with Crippen molar-refractivity contribution in [2.24, 2.45) is 0 Å². The molecular weight excluding hydrogens is 206 g/mol. The predicted octanol–water partition coefficient (Wildman–Crippen LogP) is 3.98. The van der Waals surface area contributed by atoms with Crippen molar-refractivity contribution >= 4 is 23.3 Å². The van der Waals surface area contributed by atoms with Crippen LogP contribution >= 0.6 is 12.2 Å². The van der Waals surface area contributed by atoms with Crippen LogP contribution in [0, 0.1) is 11.6 Å². The number of imidazole rings is 1. The first-order chi connectivity index (χ1) is 7.27. The van der Waals surface area contributed by atoms with E-state index in [4.69, 9.17) is 12.2 Å². The average molecular weight is 225 g/mol. The summed E-state index contributed by atoms with van der Waals surface area (Å²) in [6, 6.07) is 1.92. The number of aryl methyl sites for hydroxylation is 1. The molecule has 0 amide bonds. The highest BCUT2D eigenvalue weighted by Crippen LogP contribution is 2.09. The number of aromatic nitrogens is 3. The number of hydrogen-bond acceptors (Lipinski definition) is 2. The fraction of sp³-hybridized carbons (Fsp3) is 0.455. The Morgan fingerprint density at radius 1 is 1.20 bits per heavy atom. The van der Waals surface area contributed by atoms with Crippen LogP contribution in [0.15, 0.2) is 12.3 Å². The van der Waals surface area contributed by atoms with Crippen LogP contribution in [0.2, 0.25) is 0 Å². The number of nitrogens with one attached hydrogen (secondary N) is 2. The second-order valence-electron chi connectivity index (χ2n) is 2.39. The van der Waals surface area contributed by atoms with Gasteiger partial charge in [-0.25, -0.2) is 4.98 Å². The molecule has 0 fully saturated rings. The first kappa shape index (κ1) is 13.8. The molecule has 2 aromatic rings. The molecule has 3 nitrogen and oxygen atoms in total. The van der Waals surface area contributed by atoms with Crippen LogP contribution in [0.1, 0.15) is 33.5 Å². The number of hydrogen-bond donors (Lipinski definition) is 2. The lowest BCUT2D eigenvalue weighted by Gasteiger charge is -1.84. The summed E-state index contributed by atoms with van der Waals surface area (Å²) in [5.41, 5.74) is 1.84. The van der Waals surface area contributed by atoms with Crippen molar-refractivity contribution in [3.8, 4) is 0 Å². The zero-order valence-electron chi connectivity index (χ0n) is 10.0. The summed E-state index contributed by atoms with van der Waals surface area (Å²) in [6.07, 6.45) is 1.81. The highest BCUT2D eigenvalue weighted by molar-refractivity contribution is 7.71. The Hall–Kier alpha value is -1.16. The monoisotopic (exact) mass is 225 g/mol. The largest absolute Gasteiger partial charge is 0.351 e. The zero-order valence-corrected chi connectivity index (χ0v) is 10.8. The van der Waals surface area contributed by atoms with Gasteiger partial charge in [0.15, 0.2) is 0 Å². The second kappa shape index (κ2) is 7.17. The van der Waals surface area contributed by atoms with Crippen LogP contribution < -0.4 is 0 Å². The van der Waals surface area contributed by atoms with E-state index in [0.29, 0.717) is 4.64 Å². The second-order valence-corrected chi connectivity index (χ2v) is 2.80. The van der Waals surface area contributed by atoms with Crippen LogP contribution in [-0.4, -0.2) is 15.0 Å². The molecule has 0 aliphatic heterocycles. The van der Waals surface area contributed by atoms with Crippen molar-refractivity contribution in [2.75, 3.05) is 0 Å². The molecule has 0 aliphatic rings. The van der Waals surface area contributed by atoms with Crippen LogP contribution in [0.3, 0.4) is 0 Å². The number of rotatable bonds is 0. The molecule has 2 rings (SSSR count). The van der Waals surface area contributed by atoms with E-state index in [1.165, 1.54) is 0 Å². The van der Waals surface area contributed by atoms with Gasteiger partial charge in [-0.1, -0.05) is 39.9 Å². The topological polar surface area (TPSA) is 44.5 Å². The molecule has 0 aromatic carbocycles. The van der Waals surface area contributed by atoms with Crippen molar-refractivity contribution in [3.05, 3.63) is 22.7 Å². The van der Waals surface area contributed by atoms with E-state index < -0.39 is 0 Å². The minimum Gasteiger partial charge on any atom is -0.351 e. The van der Waals surface area contributed by atoms with E-state index >= 15 is 0 Å². The van der Waals surface area contributed by atoms with Gasteiger partial charge in [0, 0.05) is 6.20 Å². The molecule has 0 aliphatic carbocycles. The summed E-state index contributed by atoms with van der Waals surface area (Å²) in [5, 5.41) is 0. The van der Waals surface area contributed by atoms with Gasteiger partial charge in [0.25, 0.3) is 0 Å².